The first-order chi connectivity index (χ1) is 17.3. The van der Waals surface area contributed by atoms with Gasteiger partial charge in [0, 0.05) is 35.6 Å². The minimum absolute atomic E-state index is 0.0859. The molecule has 1 atom stereocenters. The number of fused-ring (bicyclic) bond motifs is 1. The average Bonchev–Trinajstić information content (AvgIpc) is 2.98. The third kappa shape index (κ3) is 5.87. The molecule has 6 N–H and O–H groups in total. The van der Waals surface area contributed by atoms with Gasteiger partial charge in [-0.05, 0) is 42.3 Å². The number of nitrogens with one attached hydrogen (secondary N) is 3. The summed E-state index contributed by atoms with van der Waals surface area (Å²) in [6.45, 7) is 0.700. The van der Waals surface area contributed by atoms with Crippen molar-refractivity contribution >= 4 is 35.0 Å². The van der Waals surface area contributed by atoms with Gasteiger partial charge in [0.05, 0.1) is 18.0 Å². The summed E-state index contributed by atoms with van der Waals surface area (Å²) in [4.78, 5) is 39.2. The minimum atomic E-state index is -0.968. The van der Waals surface area contributed by atoms with Crippen molar-refractivity contribution in [2.45, 2.75) is 18.9 Å². The van der Waals surface area contributed by atoms with Crippen molar-refractivity contribution in [1.29, 1.82) is 5.41 Å². The number of rotatable bonds is 8. The molecule has 0 aromatic heterocycles. The molecule has 1 aliphatic heterocycles. The molecule has 1 heterocycles. The normalized spacial score (nSPS) is 14.8. The lowest BCUT2D eigenvalue weighted by molar-refractivity contribution is -0.137. The fraction of sp³-hybridized carbons (Fsp3) is 0.185. The first kappa shape index (κ1) is 24.5. The summed E-state index contributed by atoms with van der Waals surface area (Å²) in [7, 11) is 0. The van der Waals surface area contributed by atoms with Gasteiger partial charge in [0.1, 0.15) is 5.84 Å². The summed E-state index contributed by atoms with van der Waals surface area (Å²) in [6.07, 6.45) is 0.492. The van der Waals surface area contributed by atoms with Gasteiger partial charge in [-0.25, -0.2) is 0 Å². The van der Waals surface area contributed by atoms with Crippen molar-refractivity contribution in [3.05, 3.63) is 95.1 Å². The van der Waals surface area contributed by atoms with Crippen LogP contribution in [-0.2, 0) is 11.2 Å². The van der Waals surface area contributed by atoms with Gasteiger partial charge in [0.2, 0.25) is 0 Å². The Morgan fingerprint density at radius 1 is 1.06 bits per heavy atom. The number of nitrogens with two attached hydrogens (primary N) is 1. The van der Waals surface area contributed by atoms with Crippen LogP contribution in [0.5, 0.6) is 0 Å². The van der Waals surface area contributed by atoms with Gasteiger partial charge >= 0.3 is 5.97 Å². The highest BCUT2D eigenvalue weighted by Crippen LogP contribution is 2.27. The van der Waals surface area contributed by atoms with E-state index in [1.54, 1.807) is 47.4 Å². The fourth-order valence-electron chi connectivity index (χ4n) is 4.15. The summed E-state index contributed by atoms with van der Waals surface area (Å²) in [5.41, 5.74) is 8.79. The standard InChI is InChI=1S/C27H27N5O4/c28-25(29)18-6-8-19(9-7-18)26(35)31-20-10-11-22-23(14-20)30-21(15-24(33)34)16-32(27(22)36)13-12-17-4-2-1-3-5-17/h1-11,14,21,30H,12-13,15-16H2,(H3,28,29)(H,31,35)(H,33,34)/t21-/m1/s1. The first-order valence-corrected chi connectivity index (χ1v) is 11.5. The van der Waals surface area contributed by atoms with E-state index in [2.05, 4.69) is 10.6 Å². The Kier molecular flexibility index (Phi) is 7.29. The number of nitrogens with zero attached hydrogens (tertiary/aromatic N) is 1. The molecule has 3 aromatic rings. The fourth-order valence-corrected chi connectivity index (χ4v) is 4.15. The van der Waals surface area contributed by atoms with Crippen LogP contribution in [0.2, 0.25) is 0 Å². The van der Waals surface area contributed by atoms with Crippen molar-refractivity contribution in [2.24, 2.45) is 5.73 Å². The zero-order valence-electron chi connectivity index (χ0n) is 19.5. The van der Waals surface area contributed by atoms with E-state index in [9.17, 15) is 19.5 Å². The lowest BCUT2D eigenvalue weighted by Gasteiger charge is -2.24. The highest BCUT2D eigenvalue weighted by Gasteiger charge is 2.28. The van der Waals surface area contributed by atoms with Crippen LogP contribution in [0.4, 0.5) is 11.4 Å². The van der Waals surface area contributed by atoms with Gasteiger partial charge in [0.25, 0.3) is 11.8 Å². The average molecular weight is 486 g/mol. The predicted molar refractivity (Wildman–Crippen MR) is 138 cm³/mol. The molecule has 3 aromatic carbocycles. The molecule has 0 unspecified atom stereocenters. The van der Waals surface area contributed by atoms with E-state index in [-0.39, 0.29) is 30.6 Å². The van der Waals surface area contributed by atoms with Crippen LogP contribution in [-0.4, -0.2) is 52.8 Å². The van der Waals surface area contributed by atoms with Gasteiger partial charge in [0.15, 0.2) is 0 Å². The number of amides is 2. The number of hydrogen-bond donors (Lipinski definition) is 5. The van der Waals surface area contributed by atoms with Crippen molar-refractivity contribution in [3.8, 4) is 0 Å². The molecular formula is C27H27N5O4. The quantitative estimate of drug-likeness (QED) is 0.244. The second-order valence-corrected chi connectivity index (χ2v) is 8.63. The second-order valence-electron chi connectivity index (χ2n) is 8.63. The van der Waals surface area contributed by atoms with Crippen LogP contribution in [0.1, 0.15) is 38.3 Å². The molecule has 0 fully saturated rings. The maximum absolute atomic E-state index is 13.4. The molecule has 184 valence electrons. The Morgan fingerprint density at radius 2 is 1.75 bits per heavy atom. The van der Waals surface area contributed by atoms with Crippen molar-refractivity contribution in [3.63, 3.8) is 0 Å². The Balaban J connectivity index is 1.54. The summed E-state index contributed by atoms with van der Waals surface area (Å²) < 4.78 is 0. The number of nitrogen functional groups attached to an aromatic ring is 1. The van der Waals surface area contributed by atoms with Crippen LogP contribution < -0.4 is 16.4 Å². The number of carbonyl (C=O) groups is 3. The van der Waals surface area contributed by atoms with E-state index in [0.29, 0.717) is 41.0 Å². The lowest BCUT2D eigenvalue weighted by Crippen LogP contribution is -2.39. The number of aliphatic carboxylic acids is 1. The molecular weight excluding hydrogens is 458 g/mol. The number of carboxylic acids is 1. The van der Waals surface area contributed by atoms with Crippen LogP contribution in [0, 0.1) is 5.41 Å². The van der Waals surface area contributed by atoms with Gasteiger partial charge in [-0.2, -0.15) is 0 Å². The maximum atomic E-state index is 13.4. The van der Waals surface area contributed by atoms with Gasteiger partial charge < -0.3 is 26.4 Å². The topological polar surface area (TPSA) is 149 Å². The number of carboxylic acid groups (broad SMARTS) is 1. The van der Waals surface area contributed by atoms with Gasteiger partial charge in [-0.15, -0.1) is 0 Å². The number of amidine groups is 1. The van der Waals surface area contributed by atoms with Gasteiger partial charge in [-0.3, -0.25) is 19.8 Å². The van der Waals surface area contributed by atoms with Crippen LogP contribution in [0.3, 0.4) is 0 Å². The van der Waals surface area contributed by atoms with E-state index in [0.717, 1.165) is 5.56 Å². The molecule has 0 bridgehead atoms. The molecule has 0 saturated heterocycles. The molecule has 9 nitrogen and oxygen atoms in total. The molecule has 2 amide bonds. The monoisotopic (exact) mass is 485 g/mol. The molecule has 0 spiro atoms. The summed E-state index contributed by atoms with van der Waals surface area (Å²) >= 11 is 0. The zero-order chi connectivity index (χ0) is 25.7. The summed E-state index contributed by atoms with van der Waals surface area (Å²) in [5, 5.41) is 22.8. The van der Waals surface area contributed by atoms with E-state index < -0.39 is 12.0 Å². The van der Waals surface area contributed by atoms with Crippen molar-refractivity contribution < 1.29 is 19.5 Å². The van der Waals surface area contributed by atoms with Crippen LogP contribution in [0.25, 0.3) is 0 Å². The summed E-state index contributed by atoms with van der Waals surface area (Å²) in [6, 6.07) is 20.6. The first-order valence-electron chi connectivity index (χ1n) is 11.5. The van der Waals surface area contributed by atoms with Crippen LogP contribution in [0.15, 0.2) is 72.8 Å². The lowest BCUT2D eigenvalue weighted by atomic mass is 10.1. The van der Waals surface area contributed by atoms with E-state index in [4.69, 9.17) is 11.1 Å². The van der Waals surface area contributed by atoms with E-state index in [1.807, 2.05) is 30.3 Å². The van der Waals surface area contributed by atoms with Crippen molar-refractivity contribution in [1.82, 2.24) is 4.90 Å². The predicted octanol–water partition coefficient (Wildman–Crippen LogP) is 3.18. The minimum Gasteiger partial charge on any atom is -0.481 e. The Labute approximate surface area is 208 Å². The number of hydrogen-bond acceptors (Lipinski definition) is 5. The summed E-state index contributed by atoms with van der Waals surface area (Å²) in [5.74, 6) is -1.61. The molecule has 9 heteroatoms. The molecule has 0 aliphatic carbocycles. The van der Waals surface area contributed by atoms with E-state index in [1.165, 1.54) is 0 Å². The third-order valence-corrected chi connectivity index (χ3v) is 5.99. The Bertz CT molecular complexity index is 1290. The largest absolute Gasteiger partial charge is 0.481 e. The zero-order valence-corrected chi connectivity index (χ0v) is 19.5. The third-order valence-electron chi connectivity index (χ3n) is 5.99. The number of benzene rings is 3. The van der Waals surface area contributed by atoms with E-state index >= 15 is 0 Å². The number of carbonyl (C=O) groups excluding carboxylic acids is 2. The Morgan fingerprint density at radius 3 is 2.42 bits per heavy atom. The molecule has 1 aliphatic rings. The smallest absolute Gasteiger partial charge is 0.305 e. The molecule has 36 heavy (non-hydrogen) atoms. The SMILES string of the molecule is N=C(N)c1ccc(C(=O)Nc2ccc3c(c2)N[C@H](CC(=O)O)CN(CCc2ccccc2)C3=O)cc1. The maximum Gasteiger partial charge on any atom is 0.305 e. The highest BCUT2D eigenvalue weighted by atomic mass is 16.4. The molecule has 4 rings (SSSR count). The Hall–Kier alpha value is -4.66. The second kappa shape index (κ2) is 10.7. The van der Waals surface area contributed by atoms with Crippen molar-refractivity contribution in [2.75, 3.05) is 23.7 Å². The molecule has 0 saturated carbocycles. The highest BCUT2D eigenvalue weighted by molar-refractivity contribution is 6.06. The molecule has 0 radical (unpaired) electrons. The van der Waals surface area contributed by atoms with Gasteiger partial charge in [-0.1, -0.05) is 42.5 Å². The van der Waals surface area contributed by atoms with Crippen LogP contribution >= 0.6 is 0 Å². The number of anilines is 2.